The summed E-state index contributed by atoms with van der Waals surface area (Å²) in [7, 11) is -0.920. The SMILES string of the molecule is COc1cc(N2CCC(N3CCN(C(=O)CCOCCOCCOCCOCCNc4cccc5c4CN(C4CCC(=O)NC4=O)C5=O)CC3)CC2)ccc1Nc1ncc(Cl)c(Nc2ccccc2P(C)(C)=O)n1. The number of hydrogen-bond donors (Lipinski definition) is 4. The molecule has 1 aromatic heterocycles. The number of carbonyl (C=O) groups excluding carboxylic acids is 4. The largest absolute Gasteiger partial charge is 0.494 e. The van der Waals surface area contributed by atoms with Crippen LogP contribution in [0.5, 0.6) is 5.75 Å². The van der Waals surface area contributed by atoms with Crippen molar-refractivity contribution in [2.24, 2.45) is 0 Å². The summed E-state index contributed by atoms with van der Waals surface area (Å²) in [5, 5.41) is 13.2. The number of halogens is 1. The molecule has 20 nitrogen and oxygen atoms in total. The average molecular weight is 1060 g/mol. The van der Waals surface area contributed by atoms with Gasteiger partial charge in [0.15, 0.2) is 5.82 Å². The van der Waals surface area contributed by atoms with E-state index in [1.165, 1.54) is 6.20 Å². The summed E-state index contributed by atoms with van der Waals surface area (Å²) in [6.45, 7) is 12.5. The molecule has 4 aromatic rings. The number of amides is 4. The van der Waals surface area contributed by atoms with Crippen LogP contribution in [0.3, 0.4) is 0 Å². The Morgan fingerprint density at radius 3 is 2.19 bits per heavy atom. The third kappa shape index (κ3) is 14.3. The van der Waals surface area contributed by atoms with Crippen LogP contribution in [-0.4, -0.2) is 179 Å². The van der Waals surface area contributed by atoms with Crippen LogP contribution in [-0.2, 0) is 44.4 Å². The lowest BCUT2D eigenvalue weighted by molar-refractivity contribution is -0.137. The predicted octanol–water partition coefficient (Wildman–Crippen LogP) is 5.32. The molecule has 398 valence electrons. The van der Waals surface area contributed by atoms with E-state index in [1.54, 1.807) is 31.4 Å². The molecule has 3 saturated heterocycles. The van der Waals surface area contributed by atoms with Crippen LogP contribution in [0.4, 0.5) is 34.5 Å². The second kappa shape index (κ2) is 26.1. The van der Waals surface area contributed by atoms with E-state index in [2.05, 4.69) is 47.1 Å². The molecule has 3 aromatic carbocycles. The van der Waals surface area contributed by atoms with E-state index in [1.807, 2.05) is 53.4 Å². The molecule has 8 rings (SSSR count). The number of methoxy groups -OCH3 is 1. The van der Waals surface area contributed by atoms with Crippen molar-refractivity contribution in [1.82, 2.24) is 30.0 Å². The Hall–Kier alpha value is -5.86. The molecule has 0 saturated carbocycles. The Labute approximate surface area is 437 Å². The molecule has 0 bridgehead atoms. The third-order valence-electron chi connectivity index (χ3n) is 13.6. The number of nitrogens with zero attached hydrogens (tertiary/aromatic N) is 6. The number of hydrogen-bond acceptors (Lipinski definition) is 17. The van der Waals surface area contributed by atoms with Gasteiger partial charge in [-0.15, -0.1) is 0 Å². The number of nitrogens with one attached hydrogen (secondary N) is 4. The second-order valence-corrected chi connectivity index (χ2v) is 22.5. The maximum Gasteiger partial charge on any atom is 0.255 e. The van der Waals surface area contributed by atoms with Gasteiger partial charge in [-0.3, -0.25) is 29.4 Å². The fourth-order valence-electron chi connectivity index (χ4n) is 9.71. The number of aromatic nitrogens is 2. The fraction of sp³-hybridized carbons (Fsp3) is 0.500. The van der Waals surface area contributed by atoms with Crippen LogP contribution in [0, 0.1) is 0 Å². The van der Waals surface area contributed by atoms with Gasteiger partial charge in [-0.2, -0.15) is 4.98 Å². The normalized spacial score (nSPS) is 17.6. The quantitative estimate of drug-likeness (QED) is 0.0375. The number of para-hydroxylation sites is 1. The number of benzene rings is 3. The van der Waals surface area contributed by atoms with Gasteiger partial charge in [0.05, 0.1) is 84.0 Å². The Morgan fingerprint density at radius 1 is 0.797 bits per heavy atom. The molecular formula is C52H68ClN10O10P. The summed E-state index contributed by atoms with van der Waals surface area (Å²) in [5.41, 5.74) is 4.67. The first-order valence-electron chi connectivity index (χ1n) is 25.3. The van der Waals surface area contributed by atoms with Gasteiger partial charge in [-0.05, 0) is 69.0 Å². The van der Waals surface area contributed by atoms with Gasteiger partial charge in [0.1, 0.15) is 24.0 Å². The van der Waals surface area contributed by atoms with Crippen LogP contribution in [0.1, 0.15) is 48.0 Å². The van der Waals surface area contributed by atoms with Crippen molar-refractivity contribution >= 4 is 82.2 Å². The molecule has 4 N–H and O–H groups in total. The van der Waals surface area contributed by atoms with Gasteiger partial charge < -0.3 is 58.9 Å². The molecule has 74 heavy (non-hydrogen) atoms. The van der Waals surface area contributed by atoms with Crippen LogP contribution in [0.25, 0.3) is 0 Å². The van der Waals surface area contributed by atoms with Gasteiger partial charge in [0.2, 0.25) is 23.7 Å². The molecule has 4 aliphatic rings. The average Bonchev–Trinajstić information content (AvgIpc) is 3.74. The zero-order chi connectivity index (χ0) is 52.0. The van der Waals surface area contributed by atoms with Crippen molar-refractivity contribution in [3.8, 4) is 5.75 Å². The molecule has 0 radical (unpaired) electrons. The Bertz CT molecular complexity index is 2640. The number of rotatable bonds is 25. The van der Waals surface area contributed by atoms with E-state index in [-0.39, 0.29) is 24.1 Å². The standard InChI is InChI=1S/C52H68ClN10O10P/c1-69-45-33-37(11-12-42(45)57-52-55-34-40(53)49(59-52)56-43-8-4-5-10-46(43)74(2,3)68)60-19-15-36(16-20-60)61-21-23-62(24-22-61)48(65)17-25-70-27-29-72-31-32-73-30-28-71-26-18-54-41-9-6-7-38-39(41)35-63(51(38)67)44-13-14-47(64)58-50(44)66/h4-12,33-34,36,44,54H,13-32,35H2,1-3H3,(H,58,64,66)(H2,55,56,57,59). The van der Waals surface area contributed by atoms with Gasteiger partial charge in [-0.25, -0.2) is 4.98 Å². The van der Waals surface area contributed by atoms with E-state index in [4.69, 9.17) is 35.3 Å². The van der Waals surface area contributed by atoms with Gasteiger partial charge in [0.25, 0.3) is 5.91 Å². The molecule has 1 unspecified atom stereocenters. The highest BCUT2D eigenvalue weighted by Crippen LogP contribution is 2.39. The summed E-state index contributed by atoms with van der Waals surface area (Å²) in [6.07, 6.45) is 4.45. The van der Waals surface area contributed by atoms with E-state index in [0.717, 1.165) is 56.0 Å². The van der Waals surface area contributed by atoms with Gasteiger partial charge in [-0.1, -0.05) is 29.8 Å². The van der Waals surface area contributed by atoms with Crippen LogP contribution < -0.4 is 36.2 Å². The lowest BCUT2D eigenvalue weighted by atomic mass is 10.0. The molecule has 4 amide bonds. The number of fused-ring (bicyclic) bond motifs is 1. The van der Waals surface area contributed by atoms with Crippen molar-refractivity contribution in [3.05, 3.63) is 83.0 Å². The monoisotopic (exact) mass is 1060 g/mol. The van der Waals surface area contributed by atoms with Crippen molar-refractivity contribution in [2.45, 2.75) is 50.7 Å². The minimum Gasteiger partial charge on any atom is -0.494 e. The third-order valence-corrected chi connectivity index (χ3v) is 15.5. The fourth-order valence-corrected chi connectivity index (χ4v) is 11.0. The lowest BCUT2D eigenvalue weighted by Gasteiger charge is -2.43. The number of imide groups is 1. The van der Waals surface area contributed by atoms with Crippen molar-refractivity contribution in [2.75, 3.05) is 140 Å². The molecule has 0 aliphatic carbocycles. The molecule has 1 atom stereocenters. The smallest absolute Gasteiger partial charge is 0.255 e. The first-order chi connectivity index (χ1) is 35.9. The lowest BCUT2D eigenvalue weighted by Crippen LogP contribution is -2.54. The van der Waals surface area contributed by atoms with Crippen molar-refractivity contribution in [3.63, 3.8) is 0 Å². The maximum atomic E-state index is 13.1. The number of carbonyl (C=O) groups is 4. The zero-order valence-corrected chi connectivity index (χ0v) is 44.1. The minimum atomic E-state index is -2.56. The molecule has 0 spiro atoms. The Kier molecular flexibility index (Phi) is 19.2. The number of piperidine rings is 2. The van der Waals surface area contributed by atoms with Crippen molar-refractivity contribution < 1.29 is 47.4 Å². The highest BCUT2D eigenvalue weighted by Gasteiger charge is 2.40. The van der Waals surface area contributed by atoms with E-state index < -0.39 is 19.1 Å². The van der Waals surface area contributed by atoms with E-state index in [0.29, 0.717) is 143 Å². The minimum absolute atomic E-state index is 0.114. The number of piperazine rings is 1. The summed E-state index contributed by atoms with van der Waals surface area (Å²) >= 11 is 6.49. The Morgan fingerprint density at radius 2 is 1.49 bits per heavy atom. The Balaban J connectivity index is 0.640. The van der Waals surface area contributed by atoms with E-state index in [9.17, 15) is 23.7 Å². The number of anilines is 6. The highest BCUT2D eigenvalue weighted by atomic mass is 35.5. The zero-order valence-electron chi connectivity index (χ0n) is 42.4. The molecule has 3 fully saturated rings. The second-order valence-electron chi connectivity index (χ2n) is 18.9. The molecule has 5 heterocycles. The summed E-state index contributed by atoms with van der Waals surface area (Å²) in [5.74, 6) is 0.551. The van der Waals surface area contributed by atoms with Crippen molar-refractivity contribution in [1.29, 1.82) is 0 Å². The summed E-state index contributed by atoms with van der Waals surface area (Å²) in [6, 6.07) is 18.8. The van der Waals surface area contributed by atoms with Gasteiger partial charge in [0, 0.05) is 98.7 Å². The van der Waals surface area contributed by atoms with Crippen LogP contribution >= 0.6 is 18.7 Å². The first kappa shape index (κ1) is 54.4. The predicted molar refractivity (Wildman–Crippen MR) is 284 cm³/mol. The van der Waals surface area contributed by atoms with E-state index >= 15 is 0 Å². The number of ether oxygens (including phenoxy) is 5. The molecule has 22 heteroatoms. The highest BCUT2D eigenvalue weighted by molar-refractivity contribution is 7.70. The maximum absolute atomic E-state index is 13.1. The van der Waals surface area contributed by atoms with Crippen LogP contribution in [0.15, 0.2) is 66.9 Å². The van der Waals surface area contributed by atoms with Gasteiger partial charge >= 0.3 is 0 Å². The first-order valence-corrected chi connectivity index (χ1v) is 28.3. The molecular weight excluding hydrogens is 991 g/mol. The van der Waals surface area contributed by atoms with Crippen LogP contribution in [0.2, 0.25) is 5.02 Å². The topological polar surface area (TPSA) is 218 Å². The summed E-state index contributed by atoms with van der Waals surface area (Å²) in [4.78, 5) is 67.4. The molecule has 4 aliphatic heterocycles. The summed E-state index contributed by atoms with van der Waals surface area (Å²) < 4.78 is 41.4.